The van der Waals surface area contributed by atoms with Gasteiger partial charge in [0, 0.05) is 6.08 Å². The summed E-state index contributed by atoms with van der Waals surface area (Å²) in [6, 6.07) is 0. The minimum absolute atomic E-state index is 0.0146. The van der Waals surface area contributed by atoms with Crippen LogP contribution in [-0.4, -0.2) is 22.8 Å². The van der Waals surface area contributed by atoms with Gasteiger partial charge in [-0.25, -0.2) is 4.79 Å². The number of fused-ring (bicyclic) bond motifs is 1. The van der Waals surface area contributed by atoms with Crippen LogP contribution in [0.4, 0.5) is 0 Å². The van der Waals surface area contributed by atoms with Gasteiger partial charge in [-0.15, -0.1) is 0 Å². The zero-order chi connectivity index (χ0) is 17.3. The van der Waals surface area contributed by atoms with Crippen molar-refractivity contribution in [1.29, 1.82) is 0 Å². The molecule has 0 spiro atoms. The van der Waals surface area contributed by atoms with Crippen LogP contribution in [0, 0.1) is 5.41 Å². The van der Waals surface area contributed by atoms with Crippen molar-refractivity contribution in [1.82, 2.24) is 0 Å². The van der Waals surface area contributed by atoms with Gasteiger partial charge in [0.25, 0.3) is 0 Å². The molecule has 23 heavy (non-hydrogen) atoms. The second-order valence-electron chi connectivity index (χ2n) is 7.58. The van der Waals surface area contributed by atoms with Gasteiger partial charge in [0.2, 0.25) is 0 Å². The van der Waals surface area contributed by atoms with E-state index in [1.165, 1.54) is 24.5 Å². The van der Waals surface area contributed by atoms with Crippen LogP contribution in [0.3, 0.4) is 0 Å². The molecule has 3 heteroatoms. The molecule has 126 valence electrons. The fourth-order valence-corrected chi connectivity index (χ4v) is 3.76. The van der Waals surface area contributed by atoms with Crippen molar-refractivity contribution in [3.63, 3.8) is 0 Å². The summed E-state index contributed by atoms with van der Waals surface area (Å²) >= 11 is 0. The van der Waals surface area contributed by atoms with E-state index in [4.69, 9.17) is 9.84 Å². The van der Waals surface area contributed by atoms with Crippen LogP contribution in [0.15, 0.2) is 47.1 Å². The van der Waals surface area contributed by atoms with E-state index >= 15 is 0 Å². The summed E-state index contributed by atoms with van der Waals surface area (Å²) in [7, 11) is 0. The van der Waals surface area contributed by atoms with Crippen LogP contribution in [0.1, 0.15) is 53.9 Å². The number of hydrogen-bond acceptors (Lipinski definition) is 2. The first-order valence-electron chi connectivity index (χ1n) is 8.31. The summed E-state index contributed by atoms with van der Waals surface area (Å²) in [5.74, 6) is -0.920. The van der Waals surface area contributed by atoms with Crippen molar-refractivity contribution in [3.8, 4) is 0 Å². The summed E-state index contributed by atoms with van der Waals surface area (Å²) < 4.78 is 6.37. The molecule has 0 unspecified atom stereocenters. The molecule has 1 aliphatic carbocycles. The van der Waals surface area contributed by atoms with Gasteiger partial charge in [-0.05, 0) is 68.2 Å². The number of carboxylic acid groups (broad SMARTS) is 1. The third-order valence-electron chi connectivity index (χ3n) is 4.98. The highest BCUT2D eigenvalue weighted by Gasteiger charge is 2.47. The lowest BCUT2D eigenvalue weighted by Crippen LogP contribution is -2.39. The molecule has 3 nitrogen and oxygen atoms in total. The largest absolute Gasteiger partial charge is 0.478 e. The highest BCUT2D eigenvalue weighted by Crippen LogP contribution is 2.51. The molecule has 2 aliphatic rings. The van der Waals surface area contributed by atoms with Gasteiger partial charge in [-0.1, -0.05) is 32.1 Å². The van der Waals surface area contributed by atoms with Gasteiger partial charge in [-0.2, -0.15) is 0 Å². The topological polar surface area (TPSA) is 46.5 Å². The van der Waals surface area contributed by atoms with E-state index in [-0.39, 0.29) is 17.1 Å². The maximum absolute atomic E-state index is 10.6. The summed E-state index contributed by atoms with van der Waals surface area (Å²) in [4.78, 5) is 10.6. The average molecular weight is 316 g/mol. The molecule has 0 radical (unpaired) electrons. The molecular weight excluding hydrogens is 288 g/mol. The third kappa shape index (κ3) is 4.03. The first kappa shape index (κ1) is 17.7. The number of ether oxygens (including phenoxy) is 1. The van der Waals surface area contributed by atoms with Crippen LogP contribution in [-0.2, 0) is 9.53 Å². The smallest absolute Gasteiger partial charge is 0.328 e. The van der Waals surface area contributed by atoms with E-state index in [9.17, 15) is 4.79 Å². The lowest BCUT2D eigenvalue weighted by atomic mass is 9.67. The second kappa shape index (κ2) is 6.48. The highest BCUT2D eigenvalue weighted by molar-refractivity contribution is 5.81. The number of hydrogen-bond donors (Lipinski definition) is 1. The van der Waals surface area contributed by atoms with Crippen LogP contribution in [0.5, 0.6) is 0 Å². The summed E-state index contributed by atoms with van der Waals surface area (Å²) in [6.45, 7) is 10.7. The van der Waals surface area contributed by atoms with Gasteiger partial charge < -0.3 is 9.84 Å². The molecule has 1 aliphatic heterocycles. The molecule has 0 aromatic carbocycles. The minimum Gasteiger partial charge on any atom is -0.478 e. The quantitative estimate of drug-likeness (QED) is 0.460. The van der Waals surface area contributed by atoms with E-state index in [0.29, 0.717) is 5.57 Å². The van der Waals surface area contributed by atoms with Crippen molar-refractivity contribution in [2.45, 2.75) is 65.6 Å². The Hall–Kier alpha value is -1.61. The predicted octanol–water partition coefficient (Wildman–Crippen LogP) is 4.81. The van der Waals surface area contributed by atoms with Gasteiger partial charge in [0.05, 0.1) is 11.7 Å². The lowest BCUT2D eigenvalue weighted by Gasteiger charge is -2.42. The standard InChI is InChI=1S/C20H28O3/c1-14(12-18(21)22)8-6-9-15(2)16-13-17-19(3,4)10-7-11-20(17,5)23-16/h6,8-9,12-13,16H,7,10-11H2,1-5H3,(H,21,22)/b8-6+,14-12+,15-9+/t16-,20-/m1/s1. The van der Waals surface area contributed by atoms with Gasteiger partial charge in [-0.3, -0.25) is 0 Å². The van der Waals surface area contributed by atoms with Crippen molar-refractivity contribution >= 4 is 5.97 Å². The number of carbonyl (C=O) groups is 1. The van der Waals surface area contributed by atoms with E-state index in [2.05, 4.69) is 33.8 Å². The Bertz CT molecular complexity index is 604. The molecular formula is C20H28O3. The molecule has 2 rings (SSSR count). The van der Waals surface area contributed by atoms with Crippen LogP contribution < -0.4 is 0 Å². The molecule has 2 atom stereocenters. The van der Waals surface area contributed by atoms with Crippen LogP contribution in [0.2, 0.25) is 0 Å². The fourth-order valence-electron chi connectivity index (χ4n) is 3.76. The Morgan fingerprint density at radius 3 is 2.61 bits per heavy atom. The maximum Gasteiger partial charge on any atom is 0.328 e. The average Bonchev–Trinajstić information content (AvgIpc) is 2.77. The van der Waals surface area contributed by atoms with Crippen LogP contribution in [0.25, 0.3) is 0 Å². The van der Waals surface area contributed by atoms with Crippen LogP contribution >= 0.6 is 0 Å². The van der Waals surface area contributed by atoms with E-state index in [0.717, 1.165) is 12.0 Å². The molecule has 1 fully saturated rings. The zero-order valence-electron chi connectivity index (χ0n) is 14.8. The Morgan fingerprint density at radius 1 is 1.30 bits per heavy atom. The number of allylic oxidation sites excluding steroid dienone is 4. The molecule has 1 saturated carbocycles. The van der Waals surface area contributed by atoms with E-state index < -0.39 is 5.97 Å². The van der Waals surface area contributed by atoms with Gasteiger partial charge in [0.1, 0.15) is 0 Å². The lowest BCUT2D eigenvalue weighted by molar-refractivity contribution is -0.131. The number of aliphatic carboxylic acids is 1. The molecule has 0 amide bonds. The Kier molecular flexibility index (Phi) is 5.00. The molecule has 0 aromatic rings. The monoisotopic (exact) mass is 316 g/mol. The van der Waals surface area contributed by atoms with E-state index in [1.54, 1.807) is 13.0 Å². The van der Waals surface area contributed by atoms with Crippen molar-refractivity contribution in [3.05, 3.63) is 47.1 Å². The third-order valence-corrected chi connectivity index (χ3v) is 4.98. The van der Waals surface area contributed by atoms with Crippen molar-refractivity contribution in [2.75, 3.05) is 0 Å². The second-order valence-corrected chi connectivity index (χ2v) is 7.58. The first-order chi connectivity index (χ1) is 10.6. The predicted molar refractivity (Wildman–Crippen MR) is 93.3 cm³/mol. The first-order valence-corrected chi connectivity index (χ1v) is 8.31. The SMILES string of the molecule is CC(/C=C/C=C(\C)[C@H]1C=C2C(C)(C)CCC[C@@]2(C)O1)=C\C(=O)O. The van der Waals surface area contributed by atoms with Gasteiger partial charge in [0.15, 0.2) is 0 Å². The van der Waals surface area contributed by atoms with Crippen molar-refractivity contribution < 1.29 is 14.6 Å². The highest BCUT2D eigenvalue weighted by atomic mass is 16.5. The Morgan fingerprint density at radius 2 is 2.00 bits per heavy atom. The zero-order valence-corrected chi connectivity index (χ0v) is 14.8. The molecule has 1 heterocycles. The normalized spacial score (nSPS) is 31.2. The number of rotatable bonds is 4. The Balaban J connectivity index is 2.14. The van der Waals surface area contributed by atoms with Gasteiger partial charge >= 0.3 is 5.97 Å². The maximum atomic E-state index is 10.6. The number of carboxylic acids is 1. The Labute approximate surface area is 139 Å². The molecule has 0 bridgehead atoms. The molecule has 0 aromatic heterocycles. The molecule has 1 N–H and O–H groups in total. The fraction of sp³-hybridized carbons (Fsp3) is 0.550. The minimum atomic E-state index is -0.920. The summed E-state index contributed by atoms with van der Waals surface area (Å²) in [5.41, 5.74) is 3.36. The molecule has 0 saturated heterocycles. The summed E-state index contributed by atoms with van der Waals surface area (Å²) in [5, 5.41) is 8.71. The van der Waals surface area contributed by atoms with Crippen molar-refractivity contribution in [2.24, 2.45) is 5.41 Å². The summed E-state index contributed by atoms with van der Waals surface area (Å²) in [6.07, 6.45) is 12.7. The van der Waals surface area contributed by atoms with E-state index in [1.807, 2.05) is 12.2 Å².